The normalized spacial score (nSPS) is 16.7. The number of halogens is 2. The Balaban J connectivity index is 0.00000220. The van der Waals surface area contributed by atoms with E-state index in [9.17, 15) is 9.18 Å². The SMILES string of the molecule is CSCC[C@H](N)C(=O)NCC1(c2cccc(F)c2)CC1.Cl. The lowest BCUT2D eigenvalue weighted by molar-refractivity contribution is -0.122. The largest absolute Gasteiger partial charge is 0.354 e. The highest BCUT2D eigenvalue weighted by molar-refractivity contribution is 7.98. The van der Waals surface area contributed by atoms with Crippen LogP contribution in [-0.2, 0) is 10.2 Å². The Morgan fingerprint density at radius 2 is 2.24 bits per heavy atom. The van der Waals surface area contributed by atoms with Gasteiger partial charge in [-0.25, -0.2) is 4.39 Å². The molecular weight excluding hydrogens is 311 g/mol. The van der Waals surface area contributed by atoms with E-state index in [0.717, 1.165) is 24.2 Å². The zero-order valence-electron chi connectivity index (χ0n) is 12.1. The van der Waals surface area contributed by atoms with Gasteiger partial charge in [-0.1, -0.05) is 12.1 Å². The Kier molecular flexibility index (Phi) is 6.97. The highest BCUT2D eigenvalue weighted by Crippen LogP contribution is 2.47. The number of benzene rings is 1. The highest BCUT2D eigenvalue weighted by atomic mass is 35.5. The van der Waals surface area contributed by atoms with Gasteiger partial charge >= 0.3 is 0 Å². The minimum atomic E-state index is -0.453. The quantitative estimate of drug-likeness (QED) is 0.806. The summed E-state index contributed by atoms with van der Waals surface area (Å²) >= 11 is 1.68. The molecule has 1 aliphatic carbocycles. The zero-order valence-corrected chi connectivity index (χ0v) is 13.7. The number of amides is 1. The molecular formula is C15H22ClFN2OS. The van der Waals surface area contributed by atoms with Crippen molar-refractivity contribution in [2.24, 2.45) is 5.73 Å². The summed E-state index contributed by atoms with van der Waals surface area (Å²) in [5, 5.41) is 2.92. The number of rotatable bonds is 7. The van der Waals surface area contributed by atoms with E-state index >= 15 is 0 Å². The predicted octanol–water partition coefficient (Wildman–Crippen LogP) is 2.48. The lowest BCUT2D eigenvalue weighted by Crippen LogP contribution is -2.43. The summed E-state index contributed by atoms with van der Waals surface area (Å²) in [6.45, 7) is 0.544. The van der Waals surface area contributed by atoms with Gasteiger partial charge in [0.2, 0.25) is 5.91 Å². The van der Waals surface area contributed by atoms with Crippen LogP contribution in [0.1, 0.15) is 24.8 Å². The number of nitrogens with two attached hydrogens (primary N) is 1. The van der Waals surface area contributed by atoms with Crippen LogP contribution < -0.4 is 11.1 Å². The molecule has 0 radical (unpaired) electrons. The highest BCUT2D eigenvalue weighted by Gasteiger charge is 2.44. The van der Waals surface area contributed by atoms with Gasteiger partial charge in [0.05, 0.1) is 6.04 Å². The standard InChI is InChI=1S/C15H21FN2OS.ClH/c1-20-8-5-13(17)14(19)18-10-15(6-7-15)11-3-2-4-12(16)9-11;/h2-4,9,13H,5-8,10,17H2,1H3,(H,18,19);1H/t13-;/m0./s1. The number of carbonyl (C=O) groups excluding carboxylic acids is 1. The van der Waals surface area contributed by atoms with Crippen molar-refractivity contribution in [1.82, 2.24) is 5.32 Å². The second-order valence-electron chi connectivity index (χ2n) is 5.40. The van der Waals surface area contributed by atoms with Gasteiger partial charge in [-0.2, -0.15) is 11.8 Å². The first-order valence-electron chi connectivity index (χ1n) is 6.86. The second-order valence-corrected chi connectivity index (χ2v) is 6.38. The summed E-state index contributed by atoms with van der Waals surface area (Å²) in [7, 11) is 0. The van der Waals surface area contributed by atoms with Crippen LogP contribution in [0.25, 0.3) is 0 Å². The van der Waals surface area contributed by atoms with E-state index in [2.05, 4.69) is 5.32 Å². The predicted molar refractivity (Wildman–Crippen MR) is 88.5 cm³/mol. The first-order valence-corrected chi connectivity index (χ1v) is 8.25. The molecule has 1 saturated carbocycles. The van der Waals surface area contributed by atoms with Crippen molar-refractivity contribution in [2.75, 3.05) is 18.6 Å². The summed E-state index contributed by atoms with van der Waals surface area (Å²) in [4.78, 5) is 11.9. The van der Waals surface area contributed by atoms with Gasteiger partial charge in [-0.05, 0) is 49.0 Å². The number of thioether (sulfide) groups is 1. The number of hydrogen-bond acceptors (Lipinski definition) is 3. The molecule has 0 unspecified atom stereocenters. The van der Waals surface area contributed by atoms with Gasteiger partial charge in [0.15, 0.2) is 0 Å². The van der Waals surface area contributed by atoms with Crippen molar-refractivity contribution in [3.05, 3.63) is 35.6 Å². The summed E-state index contributed by atoms with van der Waals surface area (Å²) in [6, 6.07) is 6.20. The summed E-state index contributed by atoms with van der Waals surface area (Å²) in [5.74, 6) is 0.544. The van der Waals surface area contributed by atoms with Crippen LogP contribution in [0.4, 0.5) is 4.39 Å². The molecule has 0 aliphatic heterocycles. The van der Waals surface area contributed by atoms with Crippen LogP contribution in [0.2, 0.25) is 0 Å². The molecule has 3 N–H and O–H groups in total. The van der Waals surface area contributed by atoms with Gasteiger partial charge < -0.3 is 11.1 Å². The lowest BCUT2D eigenvalue weighted by atomic mass is 9.95. The van der Waals surface area contributed by atoms with Gasteiger partial charge in [0, 0.05) is 12.0 Å². The van der Waals surface area contributed by atoms with Crippen molar-refractivity contribution in [3.8, 4) is 0 Å². The van der Waals surface area contributed by atoms with Crippen molar-refractivity contribution >= 4 is 30.1 Å². The zero-order chi connectivity index (χ0) is 14.6. The molecule has 21 heavy (non-hydrogen) atoms. The molecule has 1 amide bonds. The fraction of sp³-hybridized carbons (Fsp3) is 0.533. The third-order valence-electron chi connectivity index (χ3n) is 3.86. The summed E-state index contributed by atoms with van der Waals surface area (Å²) < 4.78 is 13.3. The molecule has 3 nitrogen and oxygen atoms in total. The van der Waals surface area contributed by atoms with Crippen LogP contribution in [0, 0.1) is 5.82 Å². The summed E-state index contributed by atoms with van der Waals surface area (Å²) in [6.07, 6.45) is 4.64. The number of carbonyl (C=O) groups is 1. The van der Waals surface area contributed by atoms with E-state index in [1.54, 1.807) is 23.9 Å². The van der Waals surface area contributed by atoms with E-state index in [0.29, 0.717) is 13.0 Å². The Morgan fingerprint density at radius 3 is 2.81 bits per heavy atom. The molecule has 1 fully saturated rings. The van der Waals surface area contributed by atoms with E-state index in [1.165, 1.54) is 6.07 Å². The maximum Gasteiger partial charge on any atom is 0.236 e. The topological polar surface area (TPSA) is 55.1 Å². The molecule has 2 rings (SSSR count). The lowest BCUT2D eigenvalue weighted by Gasteiger charge is -2.18. The molecule has 1 aromatic carbocycles. The van der Waals surface area contributed by atoms with E-state index < -0.39 is 6.04 Å². The molecule has 0 aromatic heterocycles. The van der Waals surface area contributed by atoms with Crippen LogP contribution in [0.3, 0.4) is 0 Å². The van der Waals surface area contributed by atoms with Gasteiger partial charge in [-0.3, -0.25) is 4.79 Å². The molecule has 1 aromatic rings. The Bertz CT molecular complexity index is 482. The molecule has 0 spiro atoms. The van der Waals surface area contributed by atoms with Crippen molar-refractivity contribution in [1.29, 1.82) is 0 Å². The fourth-order valence-electron chi connectivity index (χ4n) is 2.30. The molecule has 1 aliphatic rings. The molecule has 0 heterocycles. The fourth-order valence-corrected chi connectivity index (χ4v) is 2.79. The average Bonchev–Trinajstić information content (AvgIpc) is 3.23. The van der Waals surface area contributed by atoms with E-state index in [-0.39, 0.29) is 29.5 Å². The Morgan fingerprint density at radius 1 is 1.52 bits per heavy atom. The molecule has 6 heteroatoms. The Hall–Kier alpha value is -0.780. The molecule has 0 saturated heterocycles. The number of nitrogens with one attached hydrogen (secondary N) is 1. The smallest absolute Gasteiger partial charge is 0.236 e. The van der Waals surface area contributed by atoms with E-state index in [1.807, 2.05) is 12.3 Å². The maximum absolute atomic E-state index is 13.3. The second kappa shape index (κ2) is 8.01. The maximum atomic E-state index is 13.3. The third-order valence-corrected chi connectivity index (χ3v) is 4.51. The first-order chi connectivity index (χ1) is 9.57. The molecule has 118 valence electrons. The third kappa shape index (κ3) is 4.87. The van der Waals surface area contributed by atoms with Crippen molar-refractivity contribution < 1.29 is 9.18 Å². The molecule has 1 atom stereocenters. The van der Waals surface area contributed by atoms with Crippen molar-refractivity contribution in [2.45, 2.75) is 30.7 Å². The van der Waals surface area contributed by atoms with Crippen LogP contribution in [0.15, 0.2) is 24.3 Å². The van der Waals surface area contributed by atoms with E-state index in [4.69, 9.17) is 5.73 Å². The average molecular weight is 333 g/mol. The van der Waals surface area contributed by atoms with Crippen LogP contribution in [-0.4, -0.2) is 30.5 Å². The summed E-state index contributed by atoms with van der Waals surface area (Å²) in [5.41, 5.74) is 6.71. The van der Waals surface area contributed by atoms with Gasteiger partial charge in [-0.15, -0.1) is 12.4 Å². The van der Waals surface area contributed by atoms with Crippen LogP contribution in [0.5, 0.6) is 0 Å². The van der Waals surface area contributed by atoms with Crippen molar-refractivity contribution in [3.63, 3.8) is 0 Å². The number of hydrogen-bond donors (Lipinski definition) is 2. The minimum Gasteiger partial charge on any atom is -0.354 e. The van der Waals surface area contributed by atoms with Crippen LogP contribution >= 0.6 is 24.2 Å². The van der Waals surface area contributed by atoms with Gasteiger partial charge in [0.25, 0.3) is 0 Å². The monoisotopic (exact) mass is 332 g/mol. The molecule has 0 bridgehead atoms. The Labute approximate surface area is 135 Å². The minimum absolute atomic E-state index is 0. The van der Waals surface area contributed by atoms with Gasteiger partial charge in [0.1, 0.15) is 5.82 Å². The first kappa shape index (κ1) is 18.3.